The third-order valence-corrected chi connectivity index (χ3v) is 9.20. The van der Waals surface area contributed by atoms with E-state index in [0.29, 0.717) is 36.3 Å². The van der Waals surface area contributed by atoms with Gasteiger partial charge in [0, 0.05) is 68.0 Å². The van der Waals surface area contributed by atoms with E-state index in [0.717, 1.165) is 40.1 Å². The minimum Gasteiger partial charge on any atom is -0.508 e. The van der Waals surface area contributed by atoms with Crippen molar-refractivity contribution in [2.75, 3.05) is 18.5 Å². The van der Waals surface area contributed by atoms with Crippen LogP contribution in [0, 0.1) is 6.92 Å². The molecule has 0 unspecified atom stereocenters. The fourth-order valence-electron chi connectivity index (χ4n) is 6.42. The number of phenols is 1. The zero-order chi connectivity index (χ0) is 31.3. The summed E-state index contributed by atoms with van der Waals surface area (Å²) in [4.78, 5) is 44.8. The number of aromatic nitrogens is 1. The summed E-state index contributed by atoms with van der Waals surface area (Å²) in [7, 11) is 3.58. The summed E-state index contributed by atoms with van der Waals surface area (Å²) in [5.74, 6) is -0.209. The molecule has 3 amide bonds. The van der Waals surface area contributed by atoms with E-state index in [-0.39, 0.29) is 42.6 Å². The summed E-state index contributed by atoms with van der Waals surface area (Å²) < 4.78 is 1.94. The summed E-state index contributed by atoms with van der Waals surface area (Å²) in [5.41, 5.74) is 8.04. The molecule has 45 heavy (non-hydrogen) atoms. The lowest BCUT2D eigenvalue weighted by atomic mass is 9.90. The Morgan fingerprint density at radius 3 is 2.27 bits per heavy atom. The normalized spacial score (nSPS) is 15.5. The number of carbonyl (C=O) groups is 3. The van der Waals surface area contributed by atoms with Crippen LogP contribution >= 0.6 is 12.4 Å². The van der Waals surface area contributed by atoms with E-state index in [9.17, 15) is 24.6 Å². The third kappa shape index (κ3) is 5.76. The topological polar surface area (TPSA) is 106 Å². The Labute approximate surface area is 268 Å². The van der Waals surface area contributed by atoms with Crippen molar-refractivity contribution in [3.05, 3.63) is 106 Å². The van der Waals surface area contributed by atoms with Crippen LogP contribution in [-0.4, -0.2) is 62.1 Å². The zero-order valence-electron chi connectivity index (χ0n) is 25.8. The maximum absolute atomic E-state index is 14.5. The lowest BCUT2D eigenvalue weighted by Crippen LogP contribution is -2.43. The SMILES string of the molecule is Cc1c(C(=O)N(C)c2ccc(O)cc2)cc(-c2cc3c(cc2C(=O)N2Cc4ccccc4C[C@H]2C)CN(C(=O)O)CC3)n1C.Cl. The maximum atomic E-state index is 14.5. The molecule has 0 saturated carbocycles. The van der Waals surface area contributed by atoms with E-state index in [1.54, 1.807) is 31.3 Å². The molecule has 10 heteroatoms. The van der Waals surface area contributed by atoms with E-state index in [2.05, 4.69) is 19.1 Å². The van der Waals surface area contributed by atoms with Gasteiger partial charge in [0.1, 0.15) is 5.75 Å². The highest BCUT2D eigenvalue weighted by atomic mass is 35.5. The Kier molecular flexibility index (Phi) is 8.67. The summed E-state index contributed by atoms with van der Waals surface area (Å²) in [6.07, 6.45) is 0.309. The molecule has 6 rings (SSSR count). The Morgan fingerprint density at radius 1 is 0.889 bits per heavy atom. The average Bonchev–Trinajstić information content (AvgIpc) is 3.32. The van der Waals surface area contributed by atoms with Crippen LogP contribution in [0.15, 0.2) is 66.7 Å². The standard InChI is InChI=1S/C35H36N4O5.ClH/c1-21-15-23-7-5-6-8-25(23)20-39(21)34(42)31-17-26-19-38(35(43)44)14-13-24(26)16-30(31)32-18-29(22(2)36(32)3)33(41)37(4)27-9-11-28(40)12-10-27;/h5-12,16-18,21,40H,13-15,19-20H2,1-4H3,(H,43,44);1H/t21-;/m1./s1. The number of anilines is 1. The first-order valence-corrected chi connectivity index (χ1v) is 14.8. The number of benzene rings is 3. The van der Waals surface area contributed by atoms with Crippen LogP contribution in [0.2, 0.25) is 0 Å². The molecule has 0 spiro atoms. The molecule has 234 valence electrons. The number of rotatable bonds is 4. The summed E-state index contributed by atoms with van der Waals surface area (Å²) in [6.45, 7) is 5.02. The predicted molar refractivity (Wildman–Crippen MR) is 175 cm³/mol. The molecule has 3 aromatic carbocycles. The van der Waals surface area contributed by atoms with Crippen LogP contribution in [0.3, 0.4) is 0 Å². The first kappa shape index (κ1) is 31.7. The number of halogens is 1. The monoisotopic (exact) mass is 628 g/mol. The Hall–Kier alpha value is -4.76. The quantitative estimate of drug-likeness (QED) is 0.287. The maximum Gasteiger partial charge on any atom is 0.407 e. The number of fused-ring (bicyclic) bond motifs is 2. The lowest BCUT2D eigenvalue weighted by molar-refractivity contribution is 0.0658. The van der Waals surface area contributed by atoms with Gasteiger partial charge in [-0.15, -0.1) is 12.4 Å². The van der Waals surface area contributed by atoms with Crippen molar-refractivity contribution in [1.82, 2.24) is 14.4 Å². The van der Waals surface area contributed by atoms with Crippen molar-refractivity contribution in [2.24, 2.45) is 7.05 Å². The zero-order valence-corrected chi connectivity index (χ0v) is 26.6. The van der Waals surface area contributed by atoms with Crippen molar-refractivity contribution in [3.8, 4) is 17.0 Å². The van der Waals surface area contributed by atoms with Crippen molar-refractivity contribution in [3.63, 3.8) is 0 Å². The van der Waals surface area contributed by atoms with Gasteiger partial charge in [-0.2, -0.15) is 0 Å². The molecule has 0 saturated heterocycles. The minimum atomic E-state index is -0.979. The summed E-state index contributed by atoms with van der Waals surface area (Å²) in [6, 6.07) is 20.3. The van der Waals surface area contributed by atoms with E-state index in [4.69, 9.17) is 0 Å². The first-order valence-electron chi connectivity index (χ1n) is 14.8. The summed E-state index contributed by atoms with van der Waals surface area (Å²) >= 11 is 0. The molecule has 3 heterocycles. The van der Waals surface area contributed by atoms with Crippen molar-refractivity contribution in [2.45, 2.75) is 45.8 Å². The molecule has 2 aliphatic heterocycles. The second-order valence-electron chi connectivity index (χ2n) is 11.8. The fourth-order valence-corrected chi connectivity index (χ4v) is 6.42. The number of amides is 3. The van der Waals surface area contributed by atoms with E-state index in [1.807, 2.05) is 53.8 Å². The van der Waals surface area contributed by atoms with Crippen LogP contribution in [0.1, 0.15) is 55.6 Å². The van der Waals surface area contributed by atoms with Crippen molar-refractivity contribution in [1.29, 1.82) is 0 Å². The van der Waals surface area contributed by atoms with Gasteiger partial charge in [-0.25, -0.2) is 4.79 Å². The van der Waals surface area contributed by atoms with Gasteiger partial charge in [0.2, 0.25) is 0 Å². The van der Waals surface area contributed by atoms with Gasteiger partial charge in [-0.1, -0.05) is 24.3 Å². The molecule has 1 atom stereocenters. The van der Waals surface area contributed by atoms with Crippen LogP contribution in [0.4, 0.5) is 10.5 Å². The molecule has 0 fully saturated rings. The number of hydrogen-bond acceptors (Lipinski definition) is 4. The Bertz CT molecular complexity index is 1800. The minimum absolute atomic E-state index is 0. The van der Waals surface area contributed by atoms with Crippen molar-refractivity contribution < 1.29 is 24.6 Å². The molecule has 0 aliphatic carbocycles. The highest BCUT2D eigenvalue weighted by molar-refractivity contribution is 6.08. The number of phenolic OH excluding ortho intramolecular Hbond substituents is 1. The molecule has 2 aliphatic rings. The largest absolute Gasteiger partial charge is 0.508 e. The molecule has 1 aromatic heterocycles. The van der Waals surface area contributed by atoms with Crippen LogP contribution in [-0.2, 0) is 33.0 Å². The van der Waals surface area contributed by atoms with Crippen molar-refractivity contribution >= 4 is 36.0 Å². The Morgan fingerprint density at radius 2 is 1.58 bits per heavy atom. The number of aromatic hydroxyl groups is 1. The van der Waals surface area contributed by atoms with Crippen LogP contribution in [0.5, 0.6) is 5.75 Å². The molecule has 0 radical (unpaired) electrons. The lowest BCUT2D eigenvalue weighted by Gasteiger charge is -2.36. The van der Waals surface area contributed by atoms with Gasteiger partial charge in [0.05, 0.1) is 5.56 Å². The molecule has 2 N–H and O–H groups in total. The number of nitrogens with zero attached hydrogens (tertiary/aromatic N) is 4. The van der Waals surface area contributed by atoms with Gasteiger partial charge >= 0.3 is 6.09 Å². The van der Waals surface area contributed by atoms with Gasteiger partial charge in [0.15, 0.2) is 0 Å². The highest BCUT2D eigenvalue weighted by Gasteiger charge is 2.32. The number of carboxylic acid groups (broad SMARTS) is 1. The first-order chi connectivity index (χ1) is 21.0. The van der Waals surface area contributed by atoms with E-state index < -0.39 is 6.09 Å². The van der Waals surface area contributed by atoms with E-state index in [1.165, 1.54) is 15.4 Å². The number of hydrogen-bond donors (Lipinski definition) is 2. The van der Waals surface area contributed by atoms with Crippen LogP contribution in [0.25, 0.3) is 11.3 Å². The number of carbonyl (C=O) groups excluding carboxylic acids is 2. The molecular formula is C35H37ClN4O5. The van der Waals surface area contributed by atoms with Gasteiger partial charge in [0.25, 0.3) is 11.8 Å². The van der Waals surface area contributed by atoms with Crippen LogP contribution < -0.4 is 4.90 Å². The highest BCUT2D eigenvalue weighted by Crippen LogP contribution is 2.35. The molecular weight excluding hydrogens is 592 g/mol. The Balaban J connectivity index is 0.00000400. The van der Waals surface area contributed by atoms with Gasteiger partial charge < -0.3 is 29.5 Å². The fraction of sp³-hybridized carbons (Fsp3) is 0.286. The average molecular weight is 629 g/mol. The summed E-state index contributed by atoms with van der Waals surface area (Å²) in [5, 5.41) is 19.4. The van der Waals surface area contributed by atoms with E-state index >= 15 is 0 Å². The smallest absolute Gasteiger partial charge is 0.407 e. The molecule has 4 aromatic rings. The predicted octanol–water partition coefficient (Wildman–Crippen LogP) is 6.03. The van der Waals surface area contributed by atoms with Gasteiger partial charge in [-0.05, 0) is 91.4 Å². The second-order valence-corrected chi connectivity index (χ2v) is 11.8. The molecule has 9 nitrogen and oxygen atoms in total. The second kappa shape index (κ2) is 12.3. The molecule has 0 bridgehead atoms. The third-order valence-electron chi connectivity index (χ3n) is 9.20. The van der Waals surface area contributed by atoms with Gasteiger partial charge in [-0.3, -0.25) is 9.59 Å².